The maximum atomic E-state index is 11.7. The molecule has 0 aliphatic heterocycles. The number of carbonyl (C=O) groups excluding carboxylic acids is 1. The monoisotopic (exact) mass is 285 g/mol. The number of benzene rings is 1. The van der Waals surface area contributed by atoms with E-state index in [0.29, 0.717) is 17.1 Å². The number of carbonyl (C=O) groups is 1. The Hall–Kier alpha value is -1.26. The molecule has 0 unspecified atom stereocenters. The van der Waals surface area contributed by atoms with Crippen LogP contribution in [0, 0.1) is 0 Å². The van der Waals surface area contributed by atoms with Gasteiger partial charge in [-0.3, -0.25) is 5.32 Å². The second-order valence-corrected chi connectivity index (χ2v) is 5.92. The molecule has 1 atom stereocenters. The van der Waals surface area contributed by atoms with Crippen molar-refractivity contribution in [1.29, 1.82) is 0 Å². The van der Waals surface area contributed by atoms with E-state index < -0.39 is 17.8 Å². The van der Waals surface area contributed by atoms with Gasteiger partial charge in [0, 0.05) is 17.1 Å². The molecule has 1 aromatic rings. The summed E-state index contributed by atoms with van der Waals surface area (Å²) >= 11 is 5.92. The van der Waals surface area contributed by atoms with Crippen LogP contribution in [0.15, 0.2) is 18.2 Å². The van der Waals surface area contributed by atoms with Crippen molar-refractivity contribution in [2.24, 2.45) is 0 Å². The highest BCUT2D eigenvalue weighted by Crippen LogP contribution is 2.23. The van der Waals surface area contributed by atoms with E-state index in [9.17, 15) is 9.90 Å². The average Bonchev–Trinajstić information content (AvgIpc) is 2.18. The van der Waals surface area contributed by atoms with E-state index in [4.69, 9.17) is 16.3 Å². The van der Waals surface area contributed by atoms with Gasteiger partial charge in [0.25, 0.3) is 0 Å². The van der Waals surface area contributed by atoms with Gasteiger partial charge in [0.1, 0.15) is 5.60 Å². The molecular formula is C14H20ClNO3. The molecule has 0 saturated heterocycles. The summed E-state index contributed by atoms with van der Waals surface area (Å²) in [7, 11) is 0. The van der Waals surface area contributed by atoms with Gasteiger partial charge >= 0.3 is 6.09 Å². The molecule has 0 aromatic heterocycles. The zero-order valence-electron chi connectivity index (χ0n) is 11.7. The molecule has 0 saturated carbocycles. The first kappa shape index (κ1) is 15.8. The summed E-state index contributed by atoms with van der Waals surface area (Å²) in [6.45, 7) is 7.07. The van der Waals surface area contributed by atoms with Crippen LogP contribution < -0.4 is 5.32 Å². The minimum atomic E-state index is -0.555. The summed E-state index contributed by atoms with van der Waals surface area (Å²) < 4.78 is 5.19. The lowest BCUT2D eigenvalue weighted by Crippen LogP contribution is -2.27. The molecule has 0 heterocycles. The fraction of sp³-hybridized carbons (Fsp3) is 0.500. The first-order valence-electron chi connectivity index (χ1n) is 6.14. The summed E-state index contributed by atoms with van der Waals surface area (Å²) in [5.41, 5.74) is 0.814. The quantitative estimate of drug-likeness (QED) is 0.892. The largest absolute Gasteiger partial charge is 0.444 e. The number of ether oxygens (including phenoxy) is 1. The Morgan fingerprint density at radius 3 is 2.63 bits per heavy atom. The van der Waals surface area contributed by atoms with Crippen LogP contribution in [-0.2, 0) is 11.2 Å². The number of halogens is 1. The average molecular weight is 286 g/mol. The molecule has 106 valence electrons. The second kappa shape index (κ2) is 6.26. The third-order valence-electron chi connectivity index (χ3n) is 2.22. The lowest BCUT2D eigenvalue weighted by Gasteiger charge is -2.20. The van der Waals surface area contributed by atoms with E-state index in [0.717, 1.165) is 5.56 Å². The first-order chi connectivity index (χ1) is 8.67. The molecule has 4 nitrogen and oxygen atoms in total. The number of anilines is 1. The fourth-order valence-electron chi connectivity index (χ4n) is 1.58. The van der Waals surface area contributed by atoms with Gasteiger partial charge in [-0.15, -0.1) is 0 Å². The van der Waals surface area contributed by atoms with Crippen LogP contribution in [0.25, 0.3) is 0 Å². The summed E-state index contributed by atoms with van der Waals surface area (Å²) in [4.78, 5) is 11.7. The van der Waals surface area contributed by atoms with E-state index >= 15 is 0 Å². The van der Waals surface area contributed by atoms with E-state index in [2.05, 4.69) is 5.32 Å². The van der Waals surface area contributed by atoms with Crippen LogP contribution in [0.3, 0.4) is 0 Å². The van der Waals surface area contributed by atoms with E-state index in [-0.39, 0.29) is 0 Å². The number of aliphatic hydroxyl groups excluding tert-OH is 1. The third-order valence-corrected chi connectivity index (χ3v) is 2.45. The van der Waals surface area contributed by atoms with Crippen LogP contribution in [0.2, 0.25) is 5.02 Å². The third kappa shape index (κ3) is 5.94. The zero-order valence-corrected chi connectivity index (χ0v) is 12.4. The van der Waals surface area contributed by atoms with E-state index in [1.165, 1.54) is 0 Å². The molecular weight excluding hydrogens is 266 g/mol. The molecule has 1 rings (SSSR count). The summed E-state index contributed by atoms with van der Waals surface area (Å²) in [5.74, 6) is 0. The van der Waals surface area contributed by atoms with E-state index in [1.54, 1.807) is 45.9 Å². The van der Waals surface area contributed by atoms with Crippen molar-refractivity contribution in [3.8, 4) is 0 Å². The lowest BCUT2D eigenvalue weighted by molar-refractivity contribution is 0.0635. The Kier molecular flexibility index (Phi) is 5.20. The minimum Gasteiger partial charge on any atom is -0.444 e. The van der Waals surface area contributed by atoms with Crippen molar-refractivity contribution in [2.75, 3.05) is 5.32 Å². The minimum absolute atomic E-state index is 0.408. The number of rotatable bonds is 3. The van der Waals surface area contributed by atoms with E-state index in [1.807, 2.05) is 0 Å². The smallest absolute Gasteiger partial charge is 0.412 e. The number of amides is 1. The van der Waals surface area contributed by atoms with Crippen molar-refractivity contribution in [2.45, 2.75) is 45.8 Å². The standard InChI is InChI=1S/C14H20ClNO3/c1-9(17)7-10-8-11(15)5-6-12(10)16-13(18)19-14(2,3)4/h5-6,8-9,17H,7H2,1-4H3,(H,16,18)/t9-/m0/s1. The molecule has 1 amide bonds. The maximum absolute atomic E-state index is 11.7. The predicted octanol–water partition coefficient (Wildman–Crippen LogP) is 3.61. The van der Waals surface area contributed by atoms with Gasteiger partial charge < -0.3 is 9.84 Å². The van der Waals surface area contributed by atoms with Gasteiger partial charge in [-0.1, -0.05) is 11.6 Å². The molecule has 0 aliphatic rings. The molecule has 0 aliphatic carbocycles. The Morgan fingerprint density at radius 2 is 2.11 bits per heavy atom. The van der Waals surface area contributed by atoms with Crippen LogP contribution in [0.1, 0.15) is 33.3 Å². The van der Waals surface area contributed by atoms with Crippen molar-refractivity contribution >= 4 is 23.4 Å². The number of nitrogens with one attached hydrogen (secondary N) is 1. The molecule has 5 heteroatoms. The van der Waals surface area contributed by atoms with Gasteiger partial charge in [0.2, 0.25) is 0 Å². The highest BCUT2D eigenvalue weighted by molar-refractivity contribution is 6.30. The molecule has 0 radical (unpaired) electrons. The topological polar surface area (TPSA) is 58.6 Å². The number of hydrogen-bond donors (Lipinski definition) is 2. The molecule has 2 N–H and O–H groups in total. The van der Waals surface area contributed by atoms with Gasteiger partial charge in [-0.05, 0) is 51.5 Å². The van der Waals surface area contributed by atoms with Crippen LogP contribution in [0.5, 0.6) is 0 Å². The van der Waals surface area contributed by atoms with Gasteiger partial charge in [-0.25, -0.2) is 4.79 Å². The van der Waals surface area contributed by atoms with Crippen molar-refractivity contribution in [3.63, 3.8) is 0 Å². The van der Waals surface area contributed by atoms with Crippen LogP contribution in [0.4, 0.5) is 10.5 Å². The molecule has 0 fully saturated rings. The van der Waals surface area contributed by atoms with Gasteiger partial charge in [-0.2, -0.15) is 0 Å². The summed E-state index contributed by atoms with van der Waals surface area (Å²) in [6, 6.07) is 5.10. The molecule has 19 heavy (non-hydrogen) atoms. The fourth-order valence-corrected chi connectivity index (χ4v) is 1.78. The Morgan fingerprint density at radius 1 is 1.47 bits per heavy atom. The van der Waals surface area contributed by atoms with Crippen LogP contribution >= 0.6 is 11.6 Å². The highest BCUT2D eigenvalue weighted by Gasteiger charge is 2.17. The number of aliphatic hydroxyl groups is 1. The lowest BCUT2D eigenvalue weighted by atomic mass is 10.1. The Labute approximate surface area is 118 Å². The van der Waals surface area contributed by atoms with Crippen molar-refractivity contribution < 1.29 is 14.6 Å². The summed E-state index contributed by atoms with van der Waals surface area (Å²) in [5, 5.41) is 12.7. The summed E-state index contributed by atoms with van der Waals surface area (Å²) in [6.07, 6.45) is -0.634. The molecule has 0 bridgehead atoms. The second-order valence-electron chi connectivity index (χ2n) is 5.48. The van der Waals surface area contributed by atoms with Crippen molar-refractivity contribution in [1.82, 2.24) is 0 Å². The van der Waals surface area contributed by atoms with Crippen molar-refractivity contribution in [3.05, 3.63) is 28.8 Å². The maximum Gasteiger partial charge on any atom is 0.412 e. The molecule has 1 aromatic carbocycles. The SMILES string of the molecule is C[C@H](O)Cc1cc(Cl)ccc1NC(=O)OC(C)(C)C. The normalized spacial score (nSPS) is 12.9. The van der Waals surface area contributed by atoms with Gasteiger partial charge in [0.05, 0.1) is 6.10 Å². The Balaban J connectivity index is 2.85. The Bertz CT molecular complexity index is 452. The molecule has 0 spiro atoms. The highest BCUT2D eigenvalue weighted by atomic mass is 35.5. The zero-order chi connectivity index (χ0) is 14.6. The predicted molar refractivity (Wildman–Crippen MR) is 76.7 cm³/mol. The van der Waals surface area contributed by atoms with Gasteiger partial charge in [0.15, 0.2) is 0 Å². The number of hydrogen-bond acceptors (Lipinski definition) is 3. The van der Waals surface area contributed by atoms with Crippen LogP contribution in [-0.4, -0.2) is 22.9 Å². The first-order valence-corrected chi connectivity index (χ1v) is 6.51.